The van der Waals surface area contributed by atoms with Gasteiger partial charge in [-0.3, -0.25) is 4.79 Å². The lowest BCUT2D eigenvalue weighted by Crippen LogP contribution is -2.34. The largest absolute Gasteiger partial charge is 0.387 e. The van der Waals surface area contributed by atoms with Crippen molar-refractivity contribution < 1.29 is 13.2 Å². The van der Waals surface area contributed by atoms with Gasteiger partial charge in [0.2, 0.25) is 0 Å². The second-order valence-electron chi connectivity index (χ2n) is 6.86. The highest BCUT2D eigenvalue weighted by atomic mass is 79.9. The van der Waals surface area contributed by atoms with Crippen LogP contribution in [0.3, 0.4) is 0 Å². The van der Waals surface area contributed by atoms with Crippen molar-refractivity contribution in [2.45, 2.75) is 4.21 Å². The number of aromatic amines is 1. The number of fused-ring (bicyclic) bond motifs is 1. The first-order chi connectivity index (χ1) is 16.1. The average Bonchev–Trinajstić information content (AvgIpc) is 3.22. The summed E-state index contributed by atoms with van der Waals surface area (Å²) in [5, 5.41) is 5.64. The third-order valence-corrected chi connectivity index (χ3v) is 8.39. The van der Waals surface area contributed by atoms with Crippen molar-refractivity contribution >= 4 is 77.2 Å². The Morgan fingerprint density at radius 1 is 1.12 bits per heavy atom. The molecule has 0 bridgehead atoms. The Balaban J connectivity index is 1.58. The fourth-order valence-electron chi connectivity index (χ4n) is 3.13. The standard InChI is InChI=1S/C20H15BrClN5O5S2/c1-23-15-9-14-12(8-13(15)21)18(28)27(20(30)25-14)11-4-2-10(3-5-11)24-19(29)26-34(31,32)17-7-6-16(22)33-17/h2-9,23H,1H3,(H,25,30)(H2,24,26,29). The summed E-state index contributed by atoms with van der Waals surface area (Å²) in [6.45, 7) is 0. The zero-order valence-corrected chi connectivity index (χ0v) is 21.2. The van der Waals surface area contributed by atoms with Gasteiger partial charge in [0.05, 0.1) is 26.6 Å². The van der Waals surface area contributed by atoms with Crippen LogP contribution in [0.25, 0.3) is 16.6 Å². The lowest BCUT2D eigenvalue weighted by molar-refractivity contribution is 0.256. The quantitative estimate of drug-likeness (QED) is 0.282. The Labute approximate surface area is 209 Å². The first kappa shape index (κ1) is 24.0. The van der Waals surface area contributed by atoms with Crippen molar-refractivity contribution in [2.24, 2.45) is 0 Å². The fourth-order valence-corrected chi connectivity index (χ4v) is 6.06. The van der Waals surface area contributed by atoms with Gasteiger partial charge in [-0.05, 0) is 64.5 Å². The van der Waals surface area contributed by atoms with Crippen molar-refractivity contribution in [3.05, 3.63) is 78.2 Å². The molecule has 34 heavy (non-hydrogen) atoms. The maximum Gasteiger partial charge on any atom is 0.333 e. The molecule has 0 spiro atoms. The van der Waals surface area contributed by atoms with Gasteiger partial charge in [-0.15, -0.1) is 11.3 Å². The Kier molecular flexibility index (Phi) is 6.53. The molecule has 14 heteroatoms. The number of carbonyl (C=O) groups is 1. The molecule has 0 saturated carbocycles. The number of rotatable bonds is 5. The number of hydrogen-bond donors (Lipinski definition) is 4. The number of thiophene rings is 1. The molecule has 4 N–H and O–H groups in total. The van der Waals surface area contributed by atoms with Crippen molar-refractivity contribution in [2.75, 3.05) is 17.7 Å². The molecule has 0 atom stereocenters. The van der Waals surface area contributed by atoms with Gasteiger partial charge >= 0.3 is 11.7 Å². The summed E-state index contributed by atoms with van der Waals surface area (Å²) in [5.41, 5.74) is 0.420. The van der Waals surface area contributed by atoms with Crippen LogP contribution in [-0.2, 0) is 10.0 Å². The number of nitrogens with zero attached hydrogens (tertiary/aromatic N) is 1. The number of urea groups is 1. The average molecular weight is 585 g/mol. The Morgan fingerprint density at radius 3 is 2.44 bits per heavy atom. The molecule has 4 aromatic rings. The van der Waals surface area contributed by atoms with Crippen LogP contribution < -0.4 is 26.6 Å². The highest BCUT2D eigenvalue weighted by Crippen LogP contribution is 2.26. The van der Waals surface area contributed by atoms with Gasteiger partial charge in [0.1, 0.15) is 4.21 Å². The molecule has 0 saturated heterocycles. The number of amides is 2. The second kappa shape index (κ2) is 9.25. The number of H-pyrrole nitrogens is 1. The molecule has 2 aromatic carbocycles. The molecule has 0 unspecified atom stereocenters. The van der Waals surface area contributed by atoms with E-state index in [9.17, 15) is 22.8 Å². The molecule has 10 nitrogen and oxygen atoms in total. The SMILES string of the molecule is CNc1cc2[nH]c(=O)n(-c3ccc(NC(=O)NS(=O)(=O)c4ccc(Cl)s4)cc3)c(=O)c2cc1Br. The van der Waals surface area contributed by atoms with Crippen molar-refractivity contribution in [3.8, 4) is 5.69 Å². The monoisotopic (exact) mass is 583 g/mol. The van der Waals surface area contributed by atoms with E-state index in [0.29, 0.717) is 21.1 Å². The minimum Gasteiger partial charge on any atom is -0.387 e. The van der Waals surface area contributed by atoms with E-state index in [4.69, 9.17) is 11.6 Å². The Morgan fingerprint density at radius 2 is 1.82 bits per heavy atom. The summed E-state index contributed by atoms with van der Waals surface area (Å²) < 4.78 is 28.1. The van der Waals surface area contributed by atoms with Crippen LogP contribution in [0, 0.1) is 0 Å². The van der Waals surface area contributed by atoms with Crippen molar-refractivity contribution in [3.63, 3.8) is 0 Å². The smallest absolute Gasteiger partial charge is 0.333 e. The summed E-state index contributed by atoms with van der Waals surface area (Å²) in [6, 6.07) is 10.7. The van der Waals surface area contributed by atoms with Gasteiger partial charge in [-0.1, -0.05) is 11.6 Å². The van der Waals surface area contributed by atoms with Crippen molar-refractivity contribution in [1.82, 2.24) is 14.3 Å². The van der Waals surface area contributed by atoms with Crippen LogP contribution in [0.2, 0.25) is 4.34 Å². The summed E-state index contributed by atoms with van der Waals surface area (Å²) in [4.78, 5) is 40.5. The Hall–Kier alpha value is -3.13. The maximum atomic E-state index is 13.0. The van der Waals surface area contributed by atoms with E-state index < -0.39 is 27.3 Å². The van der Waals surface area contributed by atoms with E-state index >= 15 is 0 Å². The molecule has 0 radical (unpaired) electrons. The first-order valence-electron chi connectivity index (χ1n) is 9.45. The zero-order chi connectivity index (χ0) is 24.6. The van der Waals surface area contributed by atoms with Crippen molar-refractivity contribution in [1.29, 1.82) is 0 Å². The molecule has 2 heterocycles. The topological polar surface area (TPSA) is 142 Å². The highest BCUT2D eigenvalue weighted by Gasteiger charge is 2.20. The van der Waals surface area contributed by atoms with E-state index in [1.807, 2.05) is 4.72 Å². The van der Waals surface area contributed by atoms with E-state index in [2.05, 4.69) is 31.5 Å². The van der Waals surface area contributed by atoms with Crippen LogP contribution in [0.1, 0.15) is 0 Å². The fraction of sp³-hybridized carbons (Fsp3) is 0.0500. The number of aromatic nitrogens is 2. The van der Waals surface area contributed by atoms with Crippen LogP contribution in [0.15, 0.2) is 66.8 Å². The second-order valence-corrected chi connectivity index (χ2v) is 11.3. The van der Waals surface area contributed by atoms with Crippen LogP contribution in [0.4, 0.5) is 16.2 Å². The molecule has 4 rings (SSSR count). The molecule has 0 aliphatic rings. The maximum absolute atomic E-state index is 13.0. The van der Waals surface area contributed by atoms with E-state index in [1.54, 1.807) is 19.2 Å². The number of benzene rings is 2. The van der Waals surface area contributed by atoms with Gasteiger partial charge in [0.25, 0.3) is 15.6 Å². The summed E-state index contributed by atoms with van der Waals surface area (Å²) in [5.74, 6) is 0. The highest BCUT2D eigenvalue weighted by molar-refractivity contribution is 9.10. The zero-order valence-electron chi connectivity index (χ0n) is 17.2. The minimum atomic E-state index is -4.08. The molecule has 0 aliphatic carbocycles. The molecule has 176 valence electrons. The van der Waals surface area contributed by atoms with Crippen LogP contribution in [0.5, 0.6) is 0 Å². The Bertz CT molecular complexity index is 1640. The molecular weight excluding hydrogens is 570 g/mol. The van der Waals surface area contributed by atoms with Crippen LogP contribution in [-0.4, -0.2) is 31.0 Å². The number of nitrogens with one attached hydrogen (secondary N) is 4. The van der Waals surface area contributed by atoms with Gasteiger partial charge in [-0.2, -0.15) is 0 Å². The molecular formula is C20H15BrClN5O5S2. The minimum absolute atomic E-state index is 0.105. The van der Waals surface area contributed by atoms with E-state index in [1.165, 1.54) is 36.4 Å². The predicted molar refractivity (Wildman–Crippen MR) is 136 cm³/mol. The van der Waals surface area contributed by atoms with Gasteiger partial charge in [0.15, 0.2) is 0 Å². The van der Waals surface area contributed by atoms with Gasteiger partial charge in [-0.25, -0.2) is 27.3 Å². The van der Waals surface area contributed by atoms with E-state index in [-0.39, 0.29) is 19.9 Å². The summed E-state index contributed by atoms with van der Waals surface area (Å²) >= 11 is 9.94. The number of sulfonamides is 1. The van der Waals surface area contributed by atoms with Gasteiger partial charge < -0.3 is 15.6 Å². The lowest BCUT2D eigenvalue weighted by atomic mass is 10.2. The molecule has 2 amide bonds. The first-order valence-corrected chi connectivity index (χ1v) is 12.9. The lowest BCUT2D eigenvalue weighted by Gasteiger charge is -2.11. The normalized spacial score (nSPS) is 11.4. The number of carbonyl (C=O) groups excluding carboxylic acids is 1. The van der Waals surface area contributed by atoms with Gasteiger partial charge in [0, 0.05) is 17.2 Å². The summed E-state index contributed by atoms with van der Waals surface area (Å²) in [6.07, 6.45) is 0. The van der Waals surface area contributed by atoms with Crippen LogP contribution >= 0.6 is 38.9 Å². The number of anilines is 2. The van der Waals surface area contributed by atoms with E-state index in [0.717, 1.165) is 15.9 Å². The summed E-state index contributed by atoms with van der Waals surface area (Å²) in [7, 11) is -2.36. The number of halogens is 2. The number of hydrogen-bond acceptors (Lipinski definition) is 7. The third-order valence-electron chi connectivity index (χ3n) is 4.68. The molecule has 0 aliphatic heterocycles. The molecule has 2 aromatic heterocycles. The predicted octanol–water partition coefficient (Wildman–Crippen LogP) is 3.71. The molecule has 0 fully saturated rings. The third kappa shape index (κ3) is 4.73.